The lowest BCUT2D eigenvalue weighted by Gasteiger charge is -2.28. The minimum atomic E-state index is -0.284. The predicted octanol–water partition coefficient (Wildman–Crippen LogP) is 12.3. The van der Waals surface area contributed by atoms with Gasteiger partial charge >= 0.3 is 0 Å². The number of piperidine rings is 3. The first-order valence-electron chi connectivity index (χ1n) is 24.7. The van der Waals surface area contributed by atoms with Crippen molar-refractivity contribution in [3.05, 3.63) is 174 Å². The van der Waals surface area contributed by atoms with Crippen molar-refractivity contribution in [3.63, 3.8) is 0 Å². The van der Waals surface area contributed by atoms with Crippen molar-refractivity contribution in [2.45, 2.75) is 45.4 Å². The molecule has 0 bridgehead atoms. The molecule has 0 aromatic heterocycles. The lowest BCUT2D eigenvalue weighted by atomic mass is 9.89. The Bertz CT molecular complexity index is 2650. The highest BCUT2D eigenvalue weighted by atomic mass is 19.1. The molecular weight excluding hydrogens is 876 g/mol. The maximum Gasteiger partial charge on any atom is 0.166 e. The third kappa shape index (κ3) is 14.9. The number of Topliss-reactive ketones (excluding diaryl/α,β-unsaturated/α-hetero) is 3. The Morgan fingerprint density at radius 1 is 0.457 bits per heavy atom. The number of hydrogen-bond acceptors (Lipinski definition) is 10. The van der Waals surface area contributed by atoms with Gasteiger partial charge in [0.05, 0.1) is 7.11 Å². The quantitative estimate of drug-likeness (QED) is 0.0969. The molecule has 3 heterocycles. The van der Waals surface area contributed by atoms with E-state index >= 15 is 0 Å². The van der Waals surface area contributed by atoms with Crippen LogP contribution < -0.4 is 20.7 Å². The molecule has 6 aromatic rings. The van der Waals surface area contributed by atoms with Gasteiger partial charge in [0, 0.05) is 68.6 Å². The molecule has 0 saturated carbocycles. The van der Waals surface area contributed by atoms with E-state index in [1.807, 2.05) is 109 Å². The fourth-order valence-electron chi connectivity index (χ4n) is 9.21. The molecule has 366 valence electrons. The first-order chi connectivity index (χ1) is 33.9. The Balaban J connectivity index is 0.000000155. The number of nitrogens with zero attached hydrogens (tertiary/aromatic N) is 3. The minimum absolute atomic E-state index is 0.107. The van der Waals surface area contributed by atoms with Crippen molar-refractivity contribution in [2.24, 2.45) is 17.8 Å². The Labute approximate surface area is 414 Å². The van der Waals surface area contributed by atoms with Crippen LogP contribution in [0, 0.1) is 30.5 Å². The Hall–Kier alpha value is -6.66. The normalized spacial score (nSPS) is 16.1. The molecule has 6 aromatic carbocycles. The smallest absolute Gasteiger partial charge is 0.166 e. The van der Waals surface area contributed by atoms with Crippen molar-refractivity contribution >= 4 is 51.5 Å². The van der Waals surface area contributed by atoms with Crippen LogP contribution in [-0.2, 0) is 0 Å². The van der Waals surface area contributed by atoms with Gasteiger partial charge in [0.2, 0.25) is 0 Å². The van der Waals surface area contributed by atoms with E-state index < -0.39 is 0 Å². The van der Waals surface area contributed by atoms with E-state index in [1.54, 1.807) is 19.2 Å². The number of ketones is 3. The zero-order valence-corrected chi connectivity index (χ0v) is 41.4. The number of ether oxygens (including phenoxy) is 1. The number of anilines is 6. The first kappa shape index (κ1) is 51.2. The van der Waals surface area contributed by atoms with Gasteiger partial charge in [0.1, 0.15) is 11.6 Å². The average Bonchev–Trinajstić information content (AvgIpc) is 3.38. The van der Waals surface area contributed by atoms with Crippen LogP contribution in [0.15, 0.2) is 146 Å². The highest BCUT2D eigenvalue weighted by molar-refractivity contribution is 6.00. The molecule has 70 heavy (non-hydrogen) atoms. The molecule has 0 atom stereocenters. The summed E-state index contributed by atoms with van der Waals surface area (Å²) in [5.41, 5.74) is 8.96. The highest BCUT2D eigenvalue weighted by Crippen LogP contribution is 2.28. The van der Waals surface area contributed by atoms with Crippen molar-refractivity contribution in [1.82, 2.24) is 14.7 Å². The van der Waals surface area contributed by atoms with E-state index in [0.29, 0.717) is 5.69 Å². The van der Waals surface area contributed by atoms with Crippen LogP contribution >= 0.6 is 0 Å². The first-order valence-corrected chi connectivity index (χ1v) is 24.7. The number of rotatable bonds is 13. The van der Waals surface area contributed by atoms with Gasteiger partial charge < -0.3 is 35.4 Å². The maximum absolute atomic E-state index is 13.3. The van der Waals surface area contributed by atoms with E-state index in [0.717, 1.165) is 129 Å². The number of hydrogen-bond donors (Lipinski definition) is 3. The van der Waals surface area contributed by atoms with Gasteiger partial charge in [0.25, 0.3) is 0 Å². The molecule has 0 spiro atoms. The summed E-state index contributed by atoms with van der Waals surface area (Å²) in [7, 11) is 7.97. The van der Waals surface area contributed by atoms with Gasteiger partial charge in [-0.15, -0.1) is 0 Å². The Morgan fingerprint density at radius 3 is 1.23 bits per heavy atom. The van der Waals surface area contributed by atoms with Gasteiger partial charge in [-0.1, -0.05) is 60.7 Å². The number of methoxy groups -OCH3 is 1. The van der Waals surface area contributed by atoms with Gasteiger partial charge in [-0.3, -0.25) is 14.4 Å². The van der Waals surface area contributed by atoms with Gasteiger partial charge in [-0.2, -0.15) is 0 Å². The highest BCUT2D eigenvalue weighted by Gasteiger charge is 2.27. The van der Waals surface area contributed by atoms with Crippen LogP contribution in [-0.4, -0.2) is 99.6 Å². The second kappa shape index (κ2) is 25.3. The molecule has 3 N–H and O–H groups in total. The van der Waals surface area contributed by atoms with Crippen LogP contribution in [0.5, 0.6) is 5.75 Å². The number of carbonyl (C=O) groups excluding carboxylic acids is 3. The molecule has 0 unspecified atom stereocenters. The fourth-order valence-corrected chi connectivity index (χ4v) is 9.21. The number of halogens is 1. The van der Waals surface area contributed by atoms with Crippen LogP contribution in [0.3, 0.4) is 0 Å². The molecule has 0 radical (unpaired) electrons. The maximum atomic E-state index is 13.3. The zero-order chi connectivity index (χ0) is 49.4. The van der Waals surface area contributed by atoms with E-state index in [-0.39, 0.29) is 40.9 Å². The predicted molar refractivity (Wildman–Crippen MR) is 283 cm³/mol. The van der Waals surface area contributed by atoms with Gasteiger partial charge in [-0.25, -0.2) is 4.39 Å². The summed E-state index contributed by atoms with van der Waals surface area (Å²) in [5.74, 6) is 1.72. The topological polar surface area (TPSA) is 106 Å². The summed E-state index contributed by atoms with van der Waals surface area (Å²) in [5, 5.41) is 9.91. The minimum Gasteiger partial charge on any atom is -0.497 e. The van der Waals surface area contributed by atoms with Crippen molar-refractivity contribution in [1.29, 1.82) is 0 Å². The number of aryl methyl sites for hydroxylation is 1. The lowest BCUT2D eigenvalue weighted by Crippen LogP contribution is -2.33. The summed E-state index contributed by atoms with van der Waals surface area (Å²) >= 11 is 0. The van der Waals surface area contributed by atoms with Gasteiger partial charge in [-0.05, 0) is 196 Å². The number of para-hydroxylation sites is 1. The van der Waals surface area contributed by atoms with E-state index in [4.69, 9.17) is 4.74 Å². The number of likely N-dealkylation sites (tertiary alicyclic amines) is 3. The summed E-state index contributed by atoms with van der Waals surface area (Å²) < 4.78 is 18.4. The number of nitrogens with one attached hydrogen (secondary N) is 3. The van der Waals surface area contributed by atoms with E-state index in [1.165, 1.54) is 17.7 Å². The summed E-state index contributed by atoms with van der Waals surface area (Å²) in [6.45, 7) is 8.04. The molecule has 3 aliphatic heterocycles. The molecule has 3 saturated heterocycles. The monoisotopic (exact) mass is 945 g/mol. The molecule has 3 fully saturated rings. The van der Waals surface area contributed by atoms with Crippen molar-refractivity contribution in [3.8, 4) is 5.75 Å². The molecule has 11 heteroatoms. The molecular formula is C59H69FN6O4. The van der Waals surface area contributed by atoms with Crippen molar-refractivity contribution in [2.75, 3.05) is 83.5 Å². The largest absolute Gasteiger partial charge is 0.497 e. The van der Waals surface area contributed by atoms with Crippen molar-refractivity contribution < 1.29 is 23.5 Å². The zero-order valence-electron chi connectivity index (χ0n) is 41.4. The van der Waals surface area contributed by atoms with E-state index in [9.17, 15) is 18.8 Å². The van der Waals surface area contributed by atoms with Crippen LogP contribution in [0.4, 0.5) is 38.5 Å². The molecule has 10 nitrogen and oxygen atoms in total. The van der Waals surface area contributed by atoms with Crippen LogP contribution in [0.25, 0.3) is 0 Å². The molecule has 9 rings (SSSR count). The van der Waals surface area contributed by atoms with E-state index in [2.05, 4.69) is 70.8 Å². The second-order valence-electron chi connectivity index (χ2n) is 19.0. The third-order valence-corrected chi connectivity index (χ3v) is 13.6. The Morgan fingerprint density at radius 2 is 0.829 bits per heavy atom. The second-order valence-corrected chi connectivity index (χ2v) is 19.0. The SMILES string of the molecule is CN1CCC(C(=O)c2cccc(Nc3cccc(F)c3)c2)CC1.COc1ccc(Nc2cccc(C(=O)C3CCN(C)CC3)c2)cc1.Cc1ccccc1Nc1cccc(C(=O)C2CCN(C)CC2)c1. The van der Waals surface area contributed by atoms with Crippen LogP contribution in [0.2, 0.25) is 0 Å². The number of carbonyl (C=O) groups is 3. The fraction of sp³-hybridized carbons (Fsp3) is 0.339. The molecule has 0 aliphatic carbocycles. The lowest BCUT2D eigenvalue weighted by molar-refractivity contribution is 0.0850. The average molecular weight is 945 g/mol. The third-order valence-electron chi connectivity index (χ3n) is 13.6. The standard InChI is InChI=1S/C20H24N2O2.C20H24N2O.C19H21FN2O/c1-22-12-10-15(11-13-22)20(23)16-4-3-5-18(14-16)21-17-6-8-19(24-2)9-7-17;1-15-6-3-4-9-19(15)21-18-8-5-7-17(14-18)20(23)16-10-12-22(2)13-11-16;1-22-10-8-14(9-11-22)19(23)15-4-2-6-17(12-15)21-18-7-3-5-16(20)13-18/h3-9,14-15,21H,10-13H2,1-2H3;3-9,14,16,21H,10-13H2,1-2H3;2-7,12-14,21H,8-11H2,1H3. The Kier molecular flexibility index (Phi) is 18.5. The summed E-state index contributed by atoms with van der Waals surface area (Å²) in [6.07, 6.45) is 5.65. The molecule has 3 aliphatic rings. The summed E-state index contributed by atoms with van der Waals surface area (Å²) in [4.78, 5) is 45.0. The molecule has 0 amide bonds. The number of benzene rings is 6. The van der Waals surface area contributed by atoms with Gasteiger partial charge in [0.15, 0.2) is 17.3 Å². The van der Waals surface area contributed by atoms with Crippen LogP contribution in [0.1, 0.15) is 75.2 Å². The summed E-state index contributed by atoms with van der Waals surface area (Å²) in [6, 6.07) is 45.4.